The first-order valence-electron chi connectivity index (χ1n) is 5.94. The van der Waals surface area contributed by atoms with Crippen LogP contribution in [-0.4, -0.2) is 23.6 Å². The second-order valence-electron chi connectivity index (χ2n) is 3.92. The van der Waals surface area contributed by atoms with Gasteiger partial charge in [0, 0.05) is 24.2 Å². The van der Waals surface area contributed by atoms with Gasteiger partial charge in [0.05, 0.1) is 7.11 Å². The molecule has 1 N–H and O–H groups in total. The fourth-order valence-corrected chi connectivity index (χ4v) is 2.55. The van der Waals surface area contributed by atoms with Gasteiger partial charge in [0.2, 0.25) is 5.88 Å². The molecule has 0 bridgehead atoms. The highest BCUT2D eigenvalue weighted by molar-refractivity contribution is 7.07. The molecule has 0 fully saturated rings. The van der Waals surface area contributed by atoms with Crippen molar-refractivity contribution in [1.29, 1.82) is 0 Å². The van der Waals surface area contributed by atoms with Gasteiger partial charge in [-0.15, -0.1) is 0 Å². The minimum atomic E-state index is 0.292. The molecule has 0 saturated heterocycles. The smallest absolute Gasteiger partial charge is 0.216 e. The van der Waals surface area contributed by atoms with Gasteiger partial charge in [0.1, 0.15) is 6.33 Å². The van der Waals surface area contributed by atoms with E-state index in [2.05, 4.69) is 39.0 Å². The number of rotatable bonds is 6. The Balaban J connectivity index is 2.13. The maximum Gasteiger partial charge on any atom is 0.216 e. The van der Waals surface area contributed by atoms with E-state index < -0.39 is 0 Å². The fraction of sp³-hybridized carbons (Fsp3) is 0.385. The molecule has 2 aromatic rings. The first-order valence-corrected chi connectivity index (χ1v) is 6.88. The number of methoxy groups -OCH3 is 1. The van der Waals surface area contributed by atoms with Gasteiger partial charge in [0.25, 0.3) is 0 Å². The Morgan fingerprint density at radius 2 is 2.33 bits per heavy atom. The molecule has 0 aliphatic carbocycles. The summed E-state index contributed by atoms with van der Waals surface area (Å²) in [6.45, 7) is 3.04. The SMILES string of the molecule is CCNC(Cc1cc(OC)ncn1)c1ccsc1. The Morgan fingerprint density at radius 3 is 3.00 bits per heavy atom. The molecular formula is C13H17N3OS. The van der Waals surface area contributed by atoms with Crippen molar-refractivity contribution in [2.24, 2.45) is 0 Å². The number of nitrogens with one attached hydrogen (secondary N) is 1. The lowest BCUT2D eigenvalue weighted by atomic mass is 10.1. The van der Waals surface area contributed by atoms with E-state index in [4.69, 9.17) is 4.74 Å². The van der Waals surface area contributed by atoms with Crippen LogP contribution in [0.3, 0.4) is 0 Å². The second kappa shape index (κ2) is 6.47. The van der Waals surface area contributed by atoms with Crippen LogP contribution in [0.4, 0.5) is 0 Å². The molecule has 0 aliphatic heterocycles. The van der Waals surface area contributed by atoms with E-state index in [9.17, 15) is 0 Å². The van der Waals surface area contributed by atoms with Crippen molar-refractivity contribution in [2.45, 2.75) is 19.4 Å². The molecule has 2 aromatic heterocycles. The Morgan fingerprint density at radius 1 is 1.44 bits per heavy atom. The number of ether oxygens (including phenoxy) is 1. The van der Waals surface area contributed by atoms with Crippen molar-refractivity contribution in [1.82, 2.24) is 15.3 Å². The Hall–Kier alpha value is -1.46. The predicted octanol–water partition coefficient (Wildman–Crippen LogP) is 2.44. The van der Waals surface area contributed by atoms with E-state index in [1.54, 1.807) is 24.8 Å². The molecule has 2 heterocycles. The molecule has 0 aliphatic rings. The van der Waals surface area contributed by atoms with Crippen LogP contribution >= 0.6 is 11.3 Å². The van der Waals surface area contributed by atoms with Gasteiger partial charge in [-0.2, -0.15) is 11.3 Å². The number of nitrogens with zero attached hydrogens (tertiary/aromatic N) is 2. The third-order valence-electron chi connectivity index (χ3n) is 2.72. The molecule has 2 rings (SSSR count). The third-order valence-corrected chi connectivity index (χ3v) is 3.42. The second-order valence-corrected chi connectivity index (χ2v) is 4.70. The molecule has 0 spiro atoms. The number of hydrogen-bond donors (Lipinski definition) is 1. The monoisotopic (exact) mass is 263 g/mol. The molecule has 1 unspecified atom stereocenters. The summed E-state index contributed by atoms with van der Waals surface area (Å²) in [5.74, 6) is 0.612. The van der Waals surface area contributed by atoms with E-state index in [1.165, 1.54) is 5.56 Å². The lowest BCUT2D eigenvalue weighted by Gasteiger charge is -2.16. The Kier molecular flexibility index (Phi) is 4.66. The normalized spacial score (nSPS) is 12.3. The van der Waals surface area contributed by atoms with Gasteiger partial charge in [-0.3, -0.25) is 0 Å². The average molecular weight is 263 g/mol. The van der Waals surface area contributed by atoms with E-state index in [0.717, 1.165) is 18.7 Å². The molecule has 1 atom stereocenters. The van der Waals surface area contributed by atoms with Crippen LogP contribution in [0.1, 0.15) is 24.2 Å². The Bertz CT molecular complexity index is 473. The summed E-state index contributed by atoms with van der Waals surface area (Å²) in [4.78, 5) is 8.31. The summed E-state index contributed by atoms with van der Waals surface area (Å²) in [6, 6.07) is 4.33. The molecule has 18 heavy (non-hydrogen) atoms. The van der Waals surface area contributed by atoms with Crippen LogP contribution in [0.15, 0.2) is 29.2 Å². The predicted molar refractivity (Wildman–Crippen MR) is 73.0 cm³/mol. The van der Waals surface area contributed by atoms with Crippen molar-refractivity contribution < 1.29 is 4.74 Å². The van der Waals surface area contributed by atoms with Crippen LogP contribution < -0.4 is 10.1 Å². The van der Waals surface area contributed by atoms with Crippen LogP contribution in [0.2, 0.25) is 0 Å². The highest BCUT2D eigenvalue weighted by atomic mass is 32.1. The van der Waals surface area contributed by atoms with Crippen molar-refractivity contribution in [3.8, 4) is 5.88 Å². The number of thiophene rings is 1. The zero-order valence-electron chi connectivity index (χ0n) is 10.6. The van der Waals surface area contributed by atoms with Crippen LogP contribution in [0.25, 0.3) is 0 Å². The minimum Gasteiger partial charge on any atom is -0.481 e. The lowest BCUT2D eigenvalue weighted by Crippen LogP contribution is -2.22. The van der Waals surface area contributed by atoms with Crippen LogP contribution in [0, 0.1) is 0 Å². The van der Waals surface area contributed by atoms with E-state index in [1.807, 2.05) is 6.07 Å². The summed E-state index contributed by atoms with van der Waals surface area (Å²) < 4.78 is 5.12. The van der Waals surface area contributed by atoms with Crippen molar-refractivity contribution >= 4 is 11.3 Å². The molecule has 4 nitrogen and oxygen atoms in total. The maximum atomic E-state index is 5.12. The zero-order chi connectivity index (χ0) is 12.8. The minimum absolute atomic E-state index is 0.292. The summed E-state index contributed by atoms with van der Waals surface area (Å²) in [6.07, 6.45) is 2.38. The van der Waals surface area contributed by atoms with Gasteiger partial charge >= 0.3 is 0 Å². The average Bonchev–Trinajstić information content (AvgIpc) is 2.92. The molecule has 96 valence electrons. The van der Waals surface area contributed by atoms with Gasteiger partial charge in [-0.05, 0) is 28.9 Å². The van der Waals surface area contributed by atoms with E-state index in [-0.39, 0.29) is 0 Å². The molecule has 0 aromatic carbocycles. The first kappa shape index (κ1) is 13.0. The van der Waals surface area contributed by atoms with Crippen LogP contribution in [-0.2, 0) is 6.42 Å². The third kappa shape index (κ3) is 3.27. The van der Waals surface area contributed by atoms with E-state index in [0.29, 0.717) is 11.9 Å². The topological polar surface area (TPSA) is 47.0 Å². The van der Waals surface area contributed by atoms with Gasteiger partial charge in [-0.25, -0.2) is 9.97 Å². The van der Waals surface area contributed by atoms with E-state index >= 15 is 0 Å². The zero-order valence-corrected chi connectivity index (χ0v) is 11.4. The Labute approximate surface area is 111 Å². The summed E-state index contributed by atoms with van der Waals surface area (Å²) in [5.41, 5.74) is 2.29. The van der Waals surface area contributed by atoms with Gasteiger partial charge in [-0.1, -0.05) is 6.92 Å². The van der Waals surface area contributed by atoms with Crippen LogP contribution in [0.5, 0.6) is 5.88 Å². The van der Waals surface area contributed by atoms with Crippen molar-refractivity contribution in [2.75, 3.05) is 13.7 Å². The molecule has 0 saturated carbocycles. The lowest BCUT2D eigenvalue weighted by molar-refractivity contribution is 0.395. The quantitative estimate of drug-likeness (QED) is 0.869. The summed E-state index contributed by atoms with van der Waals surface area (Å²) >= 11 is 1.71. The number of likely N-dealkylation sites (N-methyl/N-ethyl adjacent to an activating group) is 1. The van der Waals surface area contributed by atoms with Gasteiger partial charge < -0.3 is 10.1 Å². The highest BCUT2D eigenvalue weighted by Gasteiger charge is 2.12. The number of aromatic nitrogens is 2. The summed E-state index contributed by atoms with van der Waals surface area (Å²) in [7, 11) is 1.62. The highest BCUT2D eigenvalue weighted by Crippen LogP contribution is 2.20. The van der Waals surface area contributed by atoms with Crippen molar-refractivity contribution in [3.05, 3.63) is 40.5 Å². The summed E-state index contributed by atoms with van der Waals surface area (Å²) in [5, 5.41) is 7.75. The van der Waals surface area contributed by atoms with Crippen molar-refractivity contribution in [3.63, 3.8) is 0 Å². The largest absolute Gasteiger partial charge is 0.481 e. The molecule has 0 radical (unpaired) electrons. The molecule has 5 heteroatoms. The fourth-order valence-electron chi connectivity index (χ4n) is 1.84. The first-order chi connectivity index (χ1) is 8.83. The molecule has 0 amide bonds. The number of hydrogen-bond acceptors (Lipinski definition) is 5. The van der Waals surface area contributed by atoms with Gasteiger partial charge in [0.15, 0.2) is 0 Å². The maximum absolute atomic E-state index is 5.12. The standard InChI is InChI=1S/C13H17N3OS/c1-3-14-12(10-4-5-18-8-10)6-11-7-13(17-2)16-9-15-11/h4-5,7-9,12,14H,3,6H2,1-2H3. The molecular weight excluding hydrogens is 246 g/mol.